The maximum absolute atomic E-state index is 5.34. The minimum Gasteiger partial charge on any atom is -0.484 e. The van der Waals surface area contributed by atoms with Gasteiger partial charge < -0.3 is 9.47 Å². The molecule has 0 spiro atoms. The van der Waals surface area contributed by atoms with Crippen LogP contribution in [-0.2, 0) is 4.74 Å². The lowest BCUT2D eigenvalue weighted by atomic mass is 10.3. The van der Waals surface area contributed by atoms with Gasteiger partial charge in [0, 0.05) is 6.61 Å². The van der Waals surface area contributed by atoms with Crippen LogP contribution in [0.3, 0.4) is 0 Å². The topological polar surface area (TPSA) is 18.5 Å². The second-order valence-electron chi connectivity index (χ2n) is 3.03. The molecule has 0 aliphatic rings. The molecule has 0 amide bonds. The lowest BCUT2D eigenvalue weighted by molar-refractivity contribution is 0.125. The lowest BCUT2D eigenvalue weighted by Crippen LogP contribution is -2.01. The van der Waals surface area contributed by atoms with Gasteiger partial charge in [0.1, 0.15) is 5.75 Å². The summed E-state index contributed by atoms with van der Waals surface area (Å²) in [6.45, 7) is 5.19. The minimum atomic E-state index is 0.550. The zero-order chi connectivity index (χ0) is 10.1. The maximum atomic E-state index is 5.34. The molecule has 0 aliphatic heterocycles. The molecule has 0 N–H and O–H groups in total. The van der Waals surface area contributed by atoms with Gasteiger partial charge in [-0.2, -0.15) is 0 Å². The van der Waals surface area contributed by atoms with Crippen molar-refractivity contribution >= 4 is 0 Å². The number of para-hydroxylation sites is 1. The van der Waals surface area contributed by atoms with E-state index in [0.717, 1.165) is 18.8 Å². The second-order valence-corrected chi connectivity index (χ2v) is 3.03. The third kappa shape index (κ3) is 4.87. The van der Waals surface area contributed by atoms with Gasteiger partial charge in [-0.25, -0.2) is 0 Å². The van der Waals surface area contributed by atoms with Gasteiger partial charge in [0.15, 0.2) is 6.61 Å². The molecule has 0 saturated carbocycles. The molecule has 0 fully saturated rings. The van der Waals surface area contributed by atoms with Crippen molar-refractivity contribution in [3.63, 3.8) is 0 Å². The molecule has 2 heteroatoms. The Hall–Kier alpha value is -1.02. The molecule has 1 rings (SSSR count). The van der Waals surface area contributed by atoms with Crippen molar-refractivity contribution in [3.05, 3.63) is 36.9 Å². The van der Waals surface area contributed by atoms with E-state index < -0.39 is 0 Å². The summed E-state index contributed by atoms with van der Waals surface area (Å²) in [6, 6.07) is 9.69. The molecule has 0 aromatic heterocycles. The summed E-state index contributed by atoms with van der Waals surface area (Å²) in [6.07, 6.45) is 2.28. The minimum absolute atomic E-state index is 0.550. The molecule has 0 heterocycles. The second kappa shape index (κ2) is 7.39. The average molecular weight is 193 g/mol. The Balaban J connectivity index is 1.99. The lowest BCUT2D eigenvalue weighted by Gasteiger charge is -2.05. The van der Waals surface area contributed by atoms with Crippen LogP contribution in [0.4, 0.5) is 0 Å². The Morgan fingerprint density at radius 3 is 2.71 bits per heavy atom. The SMILES string of the molecule is CCCCOC[CH]Oc1ccccc1. The number of unbranched alkanes of at least 4 members (excludes halogenated alkanes) is 1. The molecule has 1 radical (unpaired) electrons. The standard InChI is InChI=1S/C12H17O2/c1-2-3-9-13-10-11-14-12-7-5-4-6-8-12/h4-8,11H,2-3,9-10H2,1H3. The Bertz CT molecular complexity index is 221. The van der Waals surface area contributed by atoms with Crippen LogP contribution in [0, 0.1) is 6.61 Å². The quantitative estimate of drug-likeness (QED) is 0.620. The van der Waals surface area contributed by atoms with Gasteiger partial charge in [-0.05, 0) is 18.6 Å². The summed E-state index contributed by atoms with van der Waals surface area (Å²) in [5.74, 6) is 0.853. The molecule has 77 valence electrons. The monoisotopic (exact) mass is 193 g/mol. The normalized spacial score (nSPS) is 10.1. The van der Waals surface area contributed by atoms with E-state index in [4.69, 9.17) is 9.47 Å². The predicted molar refractivity (Wildman–Crippen MR) is 57.1 cm³/mol. The van der Waals surface area contributed by atoms with Crippen LogP contribution in [0.25, 0.3) is 0 Å². The Labute approximate surface area is 85.8 Å². The largest absolute Gasteiger partial charge is 0.484 e. The fourth-order valence-corrected chi connectivity index (χ4v) is 1.01. The Morgan fingerprint density at radius 2 is 2.00 bits per heavy atom. The number of ether oxygens (including phenoxy) is 2. The van der Waals surface area contributed by atoms with Crippen molar-refractivity contribution in [1.29, 1.82) is 0 Å². The highest BCUT2D eigenvalue weighted by Gasteiger charge is 1.92. The first-order valence-corrected chi connectivity index (χ1v) is 5.04. The molecular formula is C12H17O2. The highest BCUT2D eigenvalue weighted by atomic mass is 16.5. The average Bonchev–Trinajstić information content (AvgIpc) is 2.25. The highest BCUT2D eigenvalue weighted by Crippen LogP contribution is 2.08. The Morgan fingerprint density at radius 1 is 1.21 bits per heavy atom. The van der Waals surface area contributed by atoms with Crippen molar-refractivity contribution in [2.75, 3.05) is 13.2 Å². The van der Waals surface area contributed by atoms with Crippen LogP contribution < -0.4 is 4.74 Å². The summed E-state index contributed by atoms with van der Waals surface area (Å²) in [5, 5.41) is 0. The van der Waals surface area contributed by atoms with Gasteiger partial charge in [-0.1, -0.05) is 31.5 Å². The van der Waals surface area contributed by atoms with Gasteiger partial charge in [-0.3, -0.25) is 0 Å². The molecule has 0 aliphatic carbocycles. The van der Waals surface area contributed by atoms with Crippen molar-refractivity contribution in [2.24, 2.45) is 0 Å². The summed E-state index contributed by atoms with van der Waals surface area (Å²) in [4.78, 5) is 0. The fraction of sp³-hybridized carbons (Fsp3) is 0.417. The Kier molecular flexibility index (Phi) is 5.84. The molecule has 14 heavy (non-hydrogen) atoms. The smallest absolute Gasteiger partial charge is 0.161 e. The molecule has 0 atom stereocenters. The number of rotatable bonds is 7. The molecule has 0 saturated heterocycles. The van der Waals surface area contributed by atoms with E-state index in [1.807, 2.05) is 30.3 Å². The molecule has 2 nitrogen and oxygen atoms in total. The van der Waals surface area contributed by atoms with Crippen molar-refractivity contribution in [3.8, 4) is 5.75 Å². The van der Waals surface area contributed by atoms with E-state index in [1.54, 1.807) is 6.61 Å². The molecule has 0 unspecified atom stereocenters. The van der Waals surface area contributed by atoms with Gasteiger partial charge in [-0.15, -0.1) is 0 Å². The molecule has 1 aromatic carbocycles. The van der Waals surface area contributed by atoms with Gasteiger partial charge >= 0.3 is 0 Å². The van der Waals surface area contributed by atoms with Crippen LogP contribution in [-0.4, -0.2) is 13.2 Å². The highest BCUT2D eigenvalue weighted by molar-refractivity contribution is 5.21. The zero-order valence-corrected chi connectivity index (χ0v) is 8.61. The summed E-state index contributed by atoms with van der Waals surface area (Å²) in [7, 11) is 0. The van der Waals surface area contributed by atoms with Crippen LogP contribution >= 0.6 is 0 Å². The first-order chi connectivity index (χ1) is 6.93. The predicted octanol–water partition coefficient (Wildman–Crippen LogP) is 3.04. The van der Waals surface area contributed by atoms with E-state index in [2.05, 4.69) is 6.92 Å². The summed E-state index contributed by atoms with van der Waals surface area (Å²) < 4.78 is 10.7. The molecular weight excluding hydrogens is 176 g/mol. The third-order valence-electron chi connectivity index (χ3n) is 1.79. The number of hydrogen-bond donors (Lipinski definition) is 0. The van der Waals surface area contributed by atoms with Crippen LogP contribution in [0.15, 0.2) is 30.3 Å². The van der Waals surface area contributed by atoms with Crippen LogP contribution in [0.2, 0.25) is 0 Å². The third-order valence-corrected chi connectivity index (χ3v) is 1.79. The van der Waals surface area contributed by atoms with E-state index in [-0.39, 0.29) is 0 Å². The van der Waals surface area contributed by atoms with E-state index in [9.17, 15) is 0 Å². The fourth-order valence-electron chi connectivity index (χ4n) is 1.01. The van der Waals surface area contributed by atoms with Gasteiger partial charge in [0.05, 0.1) is 6.61 Å². The first kappa shape index (κ1) is 11.1. The van der Waals surface area contributed by atoms with E-state index in [0.29, 0.717) is 6.61 Å². The van der Waals surface area contributed by atoms with Crippen molar-refractivity contribution in [2.45, 2.75) is 19.8 Å². The van der Waals surface area contributed by atoms with E-state index in [1.165, 1.54) is 6.42 Å². The van der Waals surface area contributed by atoms with Crippen molar-refractivity contribution in [1.82, 2.24) is 0 Å². The summed E-state index contributed by atoms with van der Waals surface area (Å²) >= 11 is 0. The van der Waals surface area contributed by atoms with Crippen molar-refractivity contribution < 1.29 is 9.47 Å². The number of benzene rings is 1. The van der Waals surface area contributed by atoms with Crippen LogP contribution in [0.1, 0.15) is 19.8 Å². The van der Waals surface area contributed by atoms with Gasteiger partial charge in [0.25, 0.3) is 0 Å². The van der Waals surface area contributed by atoms with Gasteiger partial charge in [0.2, 0.25) is 0 Å². The zero-order valence-electron chi connectivity index (χ0n) is 8.61. The molecule has 1 aromatic rings. The first-order valence-electron chi connectivity index (χ1n) is 5.04. The number of hydrogen-bond acceptors (Lipinski definition) is 2. The maximum Gasteiger partial charge on any atom is 0.161 e. The summed E-state index contributed by atoms with van der Waals surface area (Å²) in [5.41, 5.74) is 0. The van der Waals surface area contributed by atoms with E-state index >= 15 is 0 Å². The van der Waals surface area contributed by atoms with Crippen LogP contribution in [0.5, 0.6) is 5.75 Å². The molecule has 0 bridgehead atoms.